The first-order chi connectivity index (χ1) is 16.9. The van der Waals surface area contributed by atoms with Crippen molar-refractivity contribution in [2.45, 2.75) is 20.8 Å². The fraction of sp³-hybridized carbons (Fsp3) is 0.179. The molecule has 0 bridgehead atoms. The zero-order valence-corrected chi connectivity index (χ0v) is 20.7. The number of benzene rings is 3. The van der Waals surface area contributed by atoms with Gasteiger partial charge in [0.05, 0.1) is 5.69 Å². The van der Waals surface area contributed by atoms with Gasteiger partial charge in [0.15, 0.2) is 0 Å². The highest BCUT2D eigenvalue weighted by Crippen LogP contribution is 2.26. The van der Waals surface area contributed by atoms with Gasteiger partial charge in [-0.05, 0) is 56.7 Å². The number of anilines is 1. The van der Waals surface area contributed by atoms with Crippen molar-refractivity contribution in [2.24, 2.45) is 0 Å². The highest BCUT2D eigenvalue weighted by molar-refractivity contribution is 6.30. The van der Waals surface area contributed by atoms with Gasteiger partial charge in [-0.3, -0.25) is 19.5 Å². The summed E-state index contributed by atoms with van der Waals surface area (Å²) in [7, 11) is 0. The summed E-state index contributed by atoms with van der Waals surface area (Å²) in [6, 6.07) is 22.7. The zero-order chi connectivity index (χ0) is 24.9. The molecule has 1 N–H and O–H groups in total. The van der Waals surface area contributed by atoms with Gasteiger partial charge in [-0.2, -0.15) is 0 Å². The fourth-order valence-corrected chi connectivity index (χ4v) is 3.90. The Morgan fingerprint density at radius 3 is 2.31 bits per heavy atom. The normalized spacial score (nSPS) is 10.7. The van der Waals surface area contributed by atoms with Crippen LogP contribution in [-0.2, 0) is 4.79 Å². The standard InChI is InChI=1S/C28H27ClN4O2/c1-4-32(27(35)24-8-6-5-7-20(24)3)18-26(34)31-28-30-25(21-11-13-22(29)14-12-21)17-33(28)23-15-9-19(2)10-16-23/h5-17H,4,18H2,1-3H3,(H,30,31,34). The number of carbonyl (C=O) groups excluding carboxylic acids is 2. The molecule has 4 aromatic rings. The minimum absolute atomic E-state index is 0.0826. The van der Waals surface area contributed by atoms with Crippen molar-refractivity contribution in [1.29, 1.82) is 0 Å². The van der Waals surface area contributed by atoms with Gasteiger partial charge in [-0.25, -0.2) is 4.98 Å². The van der Waals surface area contributed by atoms with Crippen LogP contribution >= 0.6 is 11.6 Å². The third-order valence-corrected chi connectivity index (χ3v) is 6.04. The Bertz CT molecular complexity index is 1340. The number of carbonyl (C=O) groups is 2. The van der Waals surface area contributed by atoms with E-state index in [0.29, 0.717) is 28.8 Å². The lowest BCUT2D eigenvalue weighted by atomic mass is 10.1. The van der Waals surface area contributed by atoms with Crippen LogP contribution in [0.3, 0.4) is 0 Å². The predicted octanol–water partition coefficient (Wildman–Crippen LogP) is 5.91. The Kier molecular flexibility index (Phi) is 7.32. The van der Waals surface area contributed by atoms with Crippen LogP contribution in [0.15, 0.2) is 79.0 Å². The Balaban J connectivity index is 1.60. The van der Waals surface area contributed by atoms with E-state index in [1.807, 2.05) is 86.1 Å². The van der Waals surface area contributed by atoms with E-state index >= 15 is 0 Å². The van der Waals surface area contributed by atoms with Gasteiger partial charge in [0, 0.05) is 34.6 Å². The van der Waals surface area contributed by atoms with Gasteiger partial charge in [0.2, 0.25) is 11.9 Å². The molecule has 1 heterocycles. The molecule has 0 aliphatic heterocycles. The molecule has 178 valence electrons. The quantitative estimate of drug-likeness (QED) is 0.353. The molecule has 2 amide bonds. The first-order valence-corrected chi connectivity index (χ1v) is 11.8. The largest absolute Gasteiger partial charge is 0.330 e. The maximum absolute atomic E-state index is 13.1. The summed E-state index contributed by atoms with van der Waals surface area (Å²) in [5.74, 6) is -0.122. The van der Waals surface area contributed by atoms with E-state index < -0.39 is 0 Å². The third kappa shape index (κ3) is 5.61. The van der Waals surface area contributed by atoms with Gasteiger partial charge < -0.3 is 4.90 Å². The number of rotatable bonds is 7. The summed E-state index contributed by atoms with van der Waals surface area (Å²) in [6.45, 7) is 6.08. The van der Waals surface area contributed by atoms with Crippen LogP contribution < -0.4 is 5.32 Å². The molecular weight excluding hydrogens is 460 g/mol. The lowest BCUT2D eigenvalue weighted by Gasteiger charge is -2.21. The number of hydrogen-bond acceptors (Lipinski definition) is 3. The van der Waals surface area contributed by atoms with Gasteiger partial charge >= 0.3 is 0 Å². The molecule has 35 heavy (non-hydrogen) atoms. The van der Waals surface area contributed by atoms with Crippen LogP contribution in [0, 0.1) is 13.8 Å². The second-order valence-electron chi connectivity index (χ2n) is 8.34. The van der Waals surface area contributed by atoms with E-state index in [1.165, 1.54) is 4.90 Å². The maximum Gasteiger partial charge on any atom is 0.254 e. The van der Waals surface area contributed by atoms with Crippen LogP contribution in [-0.4, -0.2) is 39.4 Å². The van der Waals surface area contributed by atoms with Crippen molar-refractivity contribution >= 4 is 29.4 Å². The van der Waals surface area contributed by atoms with Gasteiger partial charge in [0.1, 0.15) is 6.54 Å². The average Bonchev–Trinajstić information content (AvgIpc) is 3.26. The minimum Gasteiger partial charge on any atom is -0.330 e. The Morgan fingerprint density at radius 1 is 0.971 bits per heavy atom. The summed E-state index contributed by atoms with van der Waals surface area (Å²) in [4.78, 5) is 32.3. The summed E-state index contributed by atoms with van der Waals surface area (Å²) in [6.07, 6.45) is 1.87. The number of nitrogens with zero attached hydrogens (tertiary/aromatic N) is 3. The number of nitrogens with one attached hydrogen (secondary N) is 1. The number of halogens is 1. The Hall–Kier alpha value is -3.90. The molecule has 0 saturated heterocycles. The highest BCUT2D eigenvalue weighted by Gasteiger charge is 2.20. The molecule has 6 nitrogen and oxygen atoms in total. The Morgan fingerprint density at radius 2 is 1.66 bits per heavy atom. The molecule has 0 spiro atoms. The molecule has 0 aliphatic carbocycles. The molecule has 0 fully saturated rings. The zero-order valence-electron chi connectivity index (χ0n) is 20.0. The number of likely N-dealkylation sites (N-methyl/N-ethyl adjacent to an activating group) is 1. The molecule has 1 aromatic heterocycles. The topological polar surface area (TPSA) is 67.2 Å². The van der Waals surface area contributed by atoms with E-state index in [9.17, 15) is 9.59 Å². The fourth-order valence-electron chi connectivity index (χ4n) is 3.78. The van der Waals surface area contributed by atoms with Gasteiger partial charge in [-0.1, -0.05) is 59.6 Å². The lowest BCUT2D eigenvalue weighted by molar-refractivity contribution is -0.116. The van der Waals surface area contributed by atoms with E-state index in [-0.39, 0.29) is 18.4 Å². The summed E-state index contributed by atoms with van der Waals surface area (Å²) >= 11 is 6.04. The molecule has 3 aromatic carbocycles. The van der Waals surface area contributed by atoms with Crippen molar-refractivity contribution in [3.8, 4) is 16.9 Å². The molecule has 0 aliphatic rings. The first kappa shape index (κ1) is 24.2. The SMILES string of the molecule is CCN(CC(=O)Nc1nc(-c2ccc(Cl)cc2)cn1-c1ccc(C)cc1)C(=O)c1ccccc1C. The predicted molar refractivity (Wildman–Crippen MR) is 140 cm³/mol. The number of aromatic nitrogens is 2. The van der Waals surface area contributed by atoms with Crippen LogP contribution in [0.5, 0.6) is 0 Å². The second kappa shape index (κ2) is 10.6. The van der Waals surface area contributed by atoms with Crippen molar-refractivity contribution in [3.63, 3.8) is 0 Å². The summed E-state index contributed by atoms with van der Waals surface area (Å²) in [5, 5.41) is 3.54. The van der Waals surface area contributed by atoms with Crippen molar-refractivity contribution in [3.05, 3.63) is 101 Å². The van der Waals surface area contributed by atoms with Crippen LogP contribution in [0.4, 0.5) is 5.95 Å². The van der Waals surface area contributed by atoms with Crippen LogP contribution in [0.25, 0.3) is 16.9 Å². The minimum atomic E-state index is -0.324. The second-order valence-corrected chi connectivity index (χ2v) is 8.78. The van der Waals surface area contributed by atoms with Gasteiger partial charge in [-0.15, -0.1) is 0 Å². The molecule has 4 rings (SSSR count). The number of hydrogen-bond donors (Lipinski definition) is 1. The van der Waals surface area contributed by atoms with E-state index in [1.54, 1.807) is 18.2 Å². The van der Waals surface area contributed by atoms with E-state index in [4.69, 9.17) is 11.6 Å². The average molecular weight is 487 g/mol. The van der Waals surface area contributed by atoms with E-state index in [0.717, 1.165) is 22.4 Å². The third-order valence-electron chi connectivity index (χ3n) is 5.79. The van der Waals surface area contributed by atoms with E-state index in [2.05, 4.69) is 10.3 Å². The number of imidazole rings is 1. The molecule has 7 heteroatoms. The monoisotopic (exact) mass is 486 g/mol. The Labute approximate surface area is 210 Å². The lowest BCUT2D eigenvalue weighted by Crippen LogP contribution is -2.38. The molecular formula is C28H27ClN4O2. The van der Waals surface area contributed by atoms with Crippen molar-refractivity contribution < 1.29 is 9.59 Å². The molecule has 0 atom stereocenters. The summed E-state index contributed by atoms with van der Waals surface area (Å²) in [5.41, 5.74) is 5.03. The number of amides is 2. The maximum atomic E-state index is 13.1. The molecule has 0 saturated carbocycles. The number of aryl methyl sites for hydroxylation is 2. The highest BCUT2D eigenvalue weighted by atomic mass is 35.5. The van der Waals surface area contributed by atoms with Crippen LogP contribution in [0.1, 0.15) is 28.4 Å². The van der Waals surface area contributed by atoms with Gasteiger partial charge in [0.25, 0.3) is 5.91 Å². The van der Waals surface area contributed by atoms with Crippen molar-refractivity contribution in [1.82, 2.24) is 14.5 Å². The van der Waals surface area contributed by atoms with Crippen LogP contribution in [0.2, 0.25) is 5.02 Å². The molecule has 0 radical (unpaired) electrons. The first-order valence-electron chi connectivity index (χ1n) is 11.4. The van der Waals surface area contributed by atoms with Crippen molar-refractivity contribution in [2.75, 3.05) is 18.4 Å². The summed E-state index contributed by atoms with van der Waals surface area (Å²) < 4.78 is 1.83. The molecule has 0 unspecified atom stereocenters. The smallest absolute Gasteiger partial charge is 0.254 e.